The molecule has 0 aliphatic heterocycles. The highest BCUT2D eigenvalue weighted by Gasteiger charge is 2.27. The molecule has 0 bridgehead atoms. The zero-order chi connectivity index (χ0) is 12.0. The molecule has 0 amide bonds. The third-order valence-corrected chi connectivity index (χ3v) is 4.17. The standard InChI is InChI=1S/C15H31N/c1-5-7-15(16-4)14-9-6-8-13(11-14)10-12(2)3/h12-16H,5-11H2,1-4H3. The van der Waals surface area contributed by atoms with E-state index < -0.39 is 0 Å². The summed E-state index contributed by atoms with van der Waals surface area (Å²) in [5.41, 5.74) is 0. The van der Waals surface area contributed by atoms with Crippen LogP contribution >= 0.6 is 0 Å². The largest absolute Gasteiger partial charge is 0.317 e. The first-order chi connectivity index (χ1) is 7.67. The van der Waals surface area contributed by atoms with Gasteiger partial charge in [-0.05, 0) is 50.5 Å². The van der Waals surface area contributed by atoms with Crippen molar-refractivity contribution in [3.05, 3.63) is 0 Å². The minimum Gasteiger partial charge on any atom is -0.317 e. The predicted octanol–water partition coefficient (Wildman–Crippen LogP) is 4.23. The van der Waals surface area contributed by atoms with Gasteiger partial charge < -0.3 is 5.32 Å². The van der Waals surface area contributed by atoms with Crippen LogP contribution in [0.4, 0.5) is 0 Å². The fraction of sp³-hybridized carbons (Fsp3) is 1.00. The number of hydrogen-bond donors (Lipinski definition) is 1. The van der Waals surface area contributed by atoms with Crippen LogP contribution in [0.25, 0.3) is 0 Å². The predicted molar refractivity (Wildman–Crippen MR) is 72.7 cm³/mol. The highest BCUT2D eigenvalue weighted by Crippen LogP contribution is 2.35. The van der Waals surface area contributed by atoms with Crippen molar-refractivity contribution in [2.45, 2.75) is 71.8 Å². The van der Waals surface area contributed by atoms with Crippen molar-refractivity contribution >= 4 is 0 Å². The first kappa shape index (κ1) is 14.0. The Morgan fingerprint density at radius 3 is 2.56 bits per heavy atom. The molecule has 0 aromatic rings. The molecule has 1 saturated carbocycles. The lowest BCUT2D eigenvalue weighted by Crippen LogP contribution is -2.36. The Morgan fingerprint density at radius 2 is 2.00 bits per heavy atom. The Morgan fingerprint density at radius 1 is 1.25 bits per heavy atom. The third kappa shape index (κ3) is 4.45. The summed E-state index contributed by atoms with van der Waals surface area (Å²) in [4.78, 5) is 0. The van der Waals surface area contributed by atoms with Crippen LogP contribution in [0.1, 0.15) is 65.7 Å². The highest BCUT2D eigenvalue weighted by molar-refractivity contribution is 4.82. The van der Waals surface area contributed by atoms with Crippen molar-refractivity contribution in [3.63, 3.8) is 0 Å². The monoisotopic (exact) mass is 225 g/mol. The van der Waals surface area contributed by atoms with E-state index in [1.54, 1.807) is 0 Å². The topological polar surface area (TPSA) is 12.0 Å². The molecule has 1 rings (SSSR count). The van der Waals surface area contributed by atoms with Gasteiger partial charge in [0.25, 0.3) is 0 Å². The Kier molecular flexibility index (Phi) is 6.41. The molecule has 96 valence electrons. The summed E-state index contributed by atoms with van der Waals surface area (Å²) in [5.74, 6) is 2.83. The van der Waals surface area contributed by atoms with Gasteiger partial charge in [-0.2, -0.15) is 0 Å². The van der Waals surface area contributed by atoms with Gasteiger partial charge >= 0.3 is 0 Å². The van der Waals surface area contributed by atoms with E-state index in [1.807, 2.05) is 0 Å². The fourth-order valence-corrected chi connectivity index (χ4v) is 3.51. The summed E-state index contributed by atoms with van der Waals surface area (Å²) in [6, 6.07) is 0.778. The quantitative estimate of drug-likeness (QED) is 0.713. The van der Waals surface area contributed by atoms with Gasteiger partial charge in [0.15, 0.2) is 0 Å². The second-order valence-corrected chi connectivity index (χ2v) is 6.11. The lowest BCUT2D eigenvalue weighted by Gasteiger charge is -2.35. The van der Waals surface area contributed by atoms with Gasteiger partial charge in [-0.15, -0.1) is 0 Å². The summed E-state index contributed by atoms with van der Waals surface area (Å²) < 4.78 is 0. The van der Waals surface area contributed by atoms with Crippen LogP contribution in [0, 0.1) is 17.8 Å². The molecule has 0 aromatic heterocycles. The molecule has 1 fully saturated rings. The molecular weight excluding hydrogens is 194 g/mol. The van der Waals surface area contributed by atoms with Crippen LogP contribution in [0.5, 0.6) is 0 Å². The summed E-state index contributed by atoms with van der Waals surface area (Å²) in [6.07, 6.45) is 10.00. The molecule has 1 aliphatic rings. The Bertz CT molecular complexity index is 176. The van der Waals surface area contributed by atoms with Gasteiger partial charge in [0, 0.05) is 6.04 Å². The van der Waals surface area contributed by atoms with Crippen LogP contribution in [0.2, 0.25) is 0 Å². The number of nitrogens with one attached hydrogen (secondary N) is 1. The van der Waals surface area contributed by atoms with Crippen LogP contribution in [0.3, 0.4) is 0 Å². The van der Waals surface area contributed by atoms with E-state index in [4.69, 9.17) is 0 Å². The zero-order valence-electron chi connectivity index (χ0n) is 11.8. The Balaban J connectivity index is 2.41. The lowest BCUT2D eigenvalue weighted by atomic mass is 9.74. The molecule has 3 atom stereocenters. The normalized spacial score (nSPS) is 28.3. The lowest BCUT2D eigenvalue weighted by molar-refractivity contribution is 0.191. The van der Waals surface area contributed by atoms with Crippen LogP contribution < -0.4 is 5.32 Å². The summed E-state index contributed by atoms with van der Waals surface area (Å²) in [6.45, 7) is 7.04. The SMILES string of the molecule is CCCC(NC)C1CCCC(CC(C)C)C1. The molecule has 1 heteroatoms. The average molecular weight is 225 g/mol. The smallest absolute Gasteiger partial charge is 0.00923 e. The molecule has 1 N–H and O–H groups in total. The van der Waals surface area contributed by atoms with Crippen molar-refractivity contribution in [2.75, 3.05) is 7.05 Å². The van der Waals surface area contributed by atoms with Gasteiger partial charge in [-0.1, -0.05) is 40.0 Å². The first-order valence-corrected chi connectivity index (χ1v) is 7.34. The average Bonchev–Trinajstić information content (AvgIpc) is 2.25. The molecule has 16 heavy (non-hydrogen) atoms. The maximum atomic E-state index is 3.55. The van der Waals surface area contributed by atoms with Crippen LogP contribution in [0.15, 0.2) is 0 Å². The van der Waals surface area contributed by atoms with Crippen LogP contribution in [-0.4, -0.2) is 13.1 Å². The van der Waals surface area contributed by atoms with Gasteiger partial charge in [0.2, 0.25) is 0 Å². The summed E-state index contributed by atoms with van der Waals surface area (Å²) in [7, 11) is 2.15. The van der Waals surface area contributed by atoms with Gasteiger partial charge in [0.05, 0.1) is 0 Å². The van der Waals surface area contributed by atoms with E-state index in [0.29, 0.717) is 0 Å². The third-order valence-electron chi connectivity index (χ3n) is 4.17. The summed E-state index contributed by atoms with van der Waals surface area (Å²) in [5, 5.41) is 3.55. The molecular formula is C15H31N. The minimum absolute atomic E-state index is 0.778. The zero-order valence-corrected chi connectivity index (χ0v) is 11.8. The van der Waals surface area contributed by atoms with E-state index in [-0.39, 0.29) is 0 Å². The molecule has 0 heterocycles. The highest BCUT2D eigenvalue weighted by atomic mass is 14.9. The maximum absolute atomic E-state index is 3.55. The van der Waals surface area contributed by atoms with E-state index in [2.05, 4.69) is 33.1 Å². The molecule has 0 aromatic carbocycles. The molecule has 0 radical (unpaired) electrons. The van der Waals surface area contributed by atoms with Gasteiger partial charge in [0.1, 0.15) is 0 Å². The van der Waals surface area contributed by atoms with Crippen molar-refractivity contribution in [2.24, 2.45) is 17.8 Å². The van der Waals surface area contributed by atoms with Crippen molar-refractivity contribution in [1.29, 1.82) is 0 Å². The molecule has 0 spiro atoms. The van der Waals surface area contributed by atoms with Crippen molar-refractivity contribution in [3.8, 4) is 0 Å². The molecule has 0 saturated heterocycles. The molecule has 1 nitrogen and oxygen atoms in total. The second kappa shape index (κ2) is 7.32. The van der Waals surface area contributed by atoms with Crippen molar-refractivity contribution < 1.29 is 0 Å². The minimum atomic E-state index is 0.778. The van der Waals surface area contributed by atoms with E-state index >= 15 is 0 Å². The van der Waals surface area contributed by atoms with E-state index in [9.17, 15) is 0 Å². The maximum Gasteiger partial charge on any atom is 0.00923 e. The van der Waals surface area contributed by atoms with E-state index in [1.165, 1.54) is 44.9 Å². The Labute approximate surface area is 102 Å². The first-order valence-electron chi connectivity index (χ1n) is 7.34. The molecule has 3 unspecified atom stereocenters. The van der Waals surface area contributed by atoms with E-state index in [0.717, 1.165) is 23.8 Å². The van der Waals surface area contributed by atoms with Crippen LogP contribution in [-0.2, 0) is 0 Å². The number of rotatable bonds is 6. The van der Waals surface area contributed by atoms with Gasteiger partial charge in [-0.3, -0.25) is 0 Å². The van der Waals surface area contributed by atoms with Gasteiger partial charge in [-0.25, -0.2) is 0 Å². The van der Waals surface area contributed by atoms with Crippen molar-refractivity contribution in [1.82, 2.24) is 5.32 Å². The number of hydrogen-bond acceptors (Lipinski definition) is 1. The fourth-order valence-electron chi connectivity index (χ4n) is 3.51. The molecule has 1 aliphatic carbocycles. The Hall–Kier alpha value is -0.0400. The summed E-state index contributed by atoms with van der Waals surface area (Å²) >= 11 is 0. The second-order valence-electron chi connectivity index (χ2n) is 6.11.